The van der Waals surface area contributed by atoms with E-state index in [-0.39, 0.29) is 11.5 Å². The monoisotopic (exact) mass is 343 g/mol. The molecule has 2 aromatic rings. The third kappa shape index (κ3) is 4.17. The maximum atomic E-state index is 12.5. The average Bonchev–Trinajstić information content (AvgIpc) is 2.60. The molecule has 0 aromatic heterocycles. The Bertz CT molecular complexity index is 803. The molecule has 0 bridgehead atoms. The first-order valence-corrected chi connectivity index (χ1v) is 7.67. The number of nitrogens with zero attached hydrogens (tertiary/aromatic N) is 2. The summed E-state index contributed by atoms with van der Waals surface area (Å²) < 4.78 is 0. The van der Waals surface area contributed by atoms with Gasteiger partial charge in [0.15, 0.2) is 0 Å². The normalized spacial score (nSPS) is 11.6. The Morgan fingerprint density at radius 1 is 1.08 bits per heavy atom. The van der Waals surface area contributed by atoms with Gasteiger partial charge in [-0.2, -0.15) is 0 Å². The molecule has 0 saturated heterocycles. The van der Waals surface area contributed by atoms with Crippen LogP contribution in [0.5, 0.6) is 0 Å². The lowest BCUT2D eigenvalue weighted by atomic mass is 9.96. The number of amides is 1. The SMILES string of the molecule is CCC(C)c1ccccc1NC(=O)c1cc([N+](=O)[O-])cc([N+](=O)[O-])c1. The van der Waals surface area contributed by atoms with Gasteiger partial charge in [0, 0.05) is 17.8 Å². The molecule has 1 N–H and O–H groups in total. The van der Waals surface area contributed by atoms with Crippen LogP contribution in [-0.2, 0) is 0 Å². The van der Waals surface area contributed by atoms with Crippen LogP contribution in [0.4, 0.5) is 17.1 Å². The van der Waals surface area contributed by atoms with Crippen LogP contribution in [-0.4, -0.2) is 15.8 Å². The van der Waals surface area contributed by atoms with Crippen molar-refractivity contribution in [2.24, 2.45) is 0 Å². The van der Waals surface area contributed by atoms with Crippen molar-refractivity contribution in [2.45, 2.75) is 26.2 Å². The molecule has 8 heteroatoms. The third-order valence-electron chi connectivity index (χ3n) is 3.94. The maximum Gasteiger partial charge on any atom is 0.277 e. The first-order valence-electron chi connectivity index (χ1n) is 7.67. The summed E-state index contributed by atoms with van der Waals surface area (Å²) >= 11 is 0. The largest absolute Gasteiger partial charge is 0.322 e. The van der Waals surface area contributed by atoms with E-state index < -0.39 is 27.1 Å². The van der Waals surface area contributed by atoms with Crippen molar-refractivity contribution in [3.05, 3.63) is 73.8 Å². The second-order valence-electron chi connectivity index (χ2n) is 5.60. The number of anilines is 1. The maximum absolute atomic E-state index is 12.5. The molecule has 0 heterocycles. The van der Waals surface area contributed by atoms with Gasteiger partial charge in [0.25, 0.3) is 17.3 Å². The molecule has 1 amide bonds. The van der Waals surface area contributed by atoms with Crippen molar-refractivity contribution in [3.63, 3.8) is 0 Å². The van der Waals surface area contributed by atoms with Crippen LogP contribution in [0.2, 0.25) is 0 Å². The number of carbonyl (C=O) groups excluding carboxylic acids is 1. The Kier molecular flexibility index (Phi) is 5.43. The molecule has 0 aliphatic heterocycles. The van der Waals surface area contributed by atoms with Gasteiger partial charge in [0.1, 0.15) is 0 Å². The lowest BCUT2D eigenvalue weighted by molar-refractivity contribution is -0.394. The lowest BCUT2D eigenvalue weighted by Crippen LogP contribution is -2.14. The second-order valence-corrected chi connectivity index (χ2v) is 5.60. The van der Waals surface area contributed by atoms with E-state index >= 15 is 0 Å². The van der Waals surface area contributed by atoms with E-state index in [0.717, 1.165) is 30.2 Å². The number of nitro groups is 2. The molecule has 1 atom stereocenters. The highest BCUT2D eigenvalue weighted by Gasteiger charge is 2.20. The second kappa shape index (κ2) is 7.52. The summed E-state index contributed by atoms with van der Waals surface area (Å²) in [6.45, 7) is 4.04. The first-order chi connectivity index (χ1) is 11.8. The van der Waals surface area contributed by atoms with Crippen LogP contribution in [0.1, 0.15) is 42.1 Å². The van der Waals surface area contributed by atoms with Crippen LogP contribution in [0.3, 0.4) is 0 Å². The van der Waals surface area contributed by atoms with E-state index in [1.54, 1.807) is 12.1 Å². The number of rotatable bonds is 6. The molecule has 130 valence electrons. The molecule has 2 rings (SSSR count). The van der Waals surface area contributed by atoms with E-state index in [2.05, 4.69) is 5.32 Å². The zero-order valence-corrected chi connectivity index (χ0v) is 13.8. The number of carbonyl (C=O) groups is 1. The Balaban J connectivity index is 2.39. The fraction of sp³-hybridized carbons (Fsp3) is 0.235. The number of hydrogen-bond donors (Lipinski definition) is 1. The smallest absolute Gasteiger partial charge is 0.277 e. The highest BCUT2D eigenvalue weighted by molar-refractivity contribution is 6.05. The van der Waals surface area contributed by atoms with Crippen molar-refractivity contribution >= 4 is 23.0 Å². The van der Waals surface area contributed by atoms with Gasteiger partial charge >= 0.3 is 0 Å². The fourth-order valence-corrected chi connectivity index (χ4v) is 2.39. The zero-order valence-electron chi connectivity index (χ0n) is 13.8. The van der Waals surface area contributed by atoms with Gasteiger partial charge in [-0.25, -0.2) is 0 Å². The molecule has 0 fully saturated rings. The zero-order chi connectivity index (χ0) is 18.6. The predicted molar refractivity (Wildman–Crippen MR) is 92.9 cm³/mol. The van der Waals surface area contributed by atoms with Crippen molar-refractivity contribution < 1.29 is 14.6 Å². The summed E-state index contributed by atoms with van der Waals surface area (Å²) in [5.74, 6) is -0.432. The van der Waals surface area contributed by atoms with Crippen molar-refractivity contribution in [2.75, 3.05) is 5.32 Å². The standard InChI is InChI=1S/C17H17N3O5/c1-3-11(2)15-6-4-5-7-16(15)18-17(21)12-8-13(19(22)23)10-14(9-12)20(24)25/h4-11H,3H2,1-2H3,(H,18,21). The quantitative estimate of drug-likeness (QED) is 0.621. The average molecular weight is 343 g/mol. The summed E-state index contributed by atoms with van der Waals surface area (Å²) in [6, 6.07) is 10.1. The van der Waals surface area contributed by atoms with Gasteiger partial charge in [-0.1, -0.05) is 32.0 Å². The third-order valence-corrected chi connectivity index (χ3v) is 3.94. The first kappa shape index (κ1) is 18.1. The van der Waals surface area contributed by atoms with Crippen LogP contribution < -0.4 is 5.32 Å². The molecule has 8 nitrogen and oxygen atoms in total. The van der Waals surface area contributed by atoms with E-state index in [4.69, 9.17) is 0 Å². The van der Waals surface area contributed by atoms with Gasteiger partial charge in [-0.15, -0.1) is 0 Å². The summed E-state index contributed by atoms with van der Waals surface area (Å²) in [4.78, 5) is 32.8. The molecule has 25 heavy (non-hydrogen) atoms. The topological polar surface area (TPSA) is 115 Å². The Morgan fingerprint density at radius 2 is 1.64 bits per heavy atom. The van der Waals surface area contributed by atoms with Gasteiger partial charge in [0.05, 0.1) is 21.5 Å². The highest BCUT2D eigenvalue weighted by atomic mass is 16.6. The minimum atomic E-state index is -0.767. The van der Waals surface area contributed by atoms with Gasteiger partial charge in [-0.3, -0.25) is 25.0 Å². The van der Waals surface area contributed by atoms with Gasteiger partial charge < -0.3 is 5.32 Å². The summed E-state index contributed by atoms with van der Waals surface area (Å²) in [5.41, 5.74) is 0.360. The van der Waals surface area contributed by atoms with Gasteiger partial charge in [-0.05, 0) is 24.0 Å². The molecule has 0 spiro atoms. The molecule has 0 radical (unpaired) electrons. The van der Waals surface area contributed by atoms with E-state index in [1.807, 2.05) is 26.0 Å². The summed E-state index contributed by atoms with van der Waals surface area (Å²) in [5, 5.41) is 24.6. The Hall–Kier alpha value is -3.29. The minimum absolute atomic E-state index is 0.139. The van der Waals surface area contributed by atoms with Crippen LogP contribution in [0, 0.1) is 20.2 Å². The number of benzene rings is 2. The fourth-order valence-electron chi connectivity index (χ4n) is 2.39. The Labute approximate surface area is 143 Å². The van der Waals surface area contributed by atoms with E-state index in [0.29, 0.717) is 5.69 Å². The molecule has 1 unspecified atom stereocenters. The lowest BCUT2D eigenvalue weighted by Gasteiger charge is -2.15. The molecule has 0 saturated carbocycles. The highest BCUT2D eigenvalue weighted by Crippen LogP contribution is 2.28. The number of nitro benzene ring substituents is 2. The van der Waals surface area contributed by atoms with Crippen LogP contribution in [0.25, 0.3) is 0 Å². The number of hydrogen-bond acceptors (Lipinski definition) is 5. The van der Waals surface area contributed by atoms with Crippen molar-refractivity contribution in [1.29, 1.82) is 0 Å². The molecular formula is C17H17N3O5. The van der Waals surface area contributed by atoms with Crippen molar-refractivity contribution in [1.82, 2.24) is 0 Å². The molecule has 2 aromatic carbocycles. The number of non-ortho nitro benzene ring substituents is 2. The van der Waals surface area contributed by atoms with E-state index in [1.165, 1.54) is 0 Å². The molecule has 0 aliphatic rings. The number of para-hydroxylation sites is 1. The number of nitrogens with one attached hydrogen (secondary N) is 1. The predicted octanol–water partition coefficient (Wildman–Crippen LogP) is 4.27. The van der Waals surface area contributed by atoms with Crippen molar-refractivity contribution in [3.8, 4) is 0 Å². The van der Waals surface area contributed by atoms with Gasteiger partial charge in [0.2, 0.25) is 0 Å². The Morgan fingerprint density at radius 3 is 2.16 bits per heavy atom. The van der Waals surface area contributed by atoms with E-state index in [9.17, 15) is 25.0 Å². The molecule has 0 aliphatic carbocycles. The summed E-state index contributed by atoms with van der Waals surface area (Å²) in [7, 11) is 0. The van der Waals surface area contributed by atoms with Crippen LogP contribution >= 0.6 is 0 Å². The minimum Gasteiger partial charge on any atom is -0.322 e. The van der Waals surface area contributed by atoms with Crippen LogP contribution in [0.15, 0.2) is 42.5 Å². The molecular weight excluding hydrogens is 326 g/mol. The summed E-state index contributed by atoms with van der Waals surface area (Å²) in [6.07, 6.45) is 0.870.